The van der Waals surface area contributed by atoms with Gasteiger partial charge < -0.3 is 24.6 Å². The Labute approximate surface area is 223 Å². The lowest BCUT2D eigenvalue weighted by Gasteiger charge is -2.33. The summed E-state index contributed by atoms with van der Waals surface area (Å²) in [5.41, 5.74) is 2.69. The van der Waals surface area contributed by atoms with Gasteiger partial charge in [-0.15, -0.1) is 0 Å². The number of unbranched alkanes of at least 4 members (excludes halogenated alkanes) is 1. The number of rotatable bonds is 10. The lowest BCUT2D eigenvalue weighted by atomic mass is 10.0. The Kier molecular flexibility index (Phi) is 8.33. The van der Waals surface area contributed by atoms with Gasteiger partial charge in [0.05, 0.1) is 6.10 Å². The number of benzene rings is 1. The van der Waals surface area contributed by atoms with Crippen molar-refractivity contribution < 1.29 is 28.5 Å². The lowest BCUT2D eigenvalue weighted by Crippen LogP contribution is -2.37. The fourth-order valence-corrected chi connectivity index (χ4v) is 5.49. The van der Waals surface area contributed by atoms with E-state index in [0.717, 1.165) is 56.6 Å². The molecule has 38 heavy (non-hydrogen) atoms. The summed E-state index contributed by atoms with van der Waals surface area (Å²) in [6.45, 7) is 6.95. The van der Waals surface area contributed by atoms with Gasteiger partial charge in [-0.2, -0.15) is 0 Å². The molecule has 4 heterocycles. The molecule has 206 valence electrons. The Morgan fingerprint density at radius 3 is 3.00 bits per heavy atom. The van der Waals surface area contributed by atoms with Crippen LogP contribution in [0.2, 0.25) is 0 Å². The van der Waals surface area contributed by atoms with Crippen LogP contribution in [0, 0.1) is 11.7 Å². The summed E-state index contributed by atoms with van der Waals surface area (Å²) < 4.78 is 32.5. The van der Waals surface area contributed by atoms with E-state index in [9.17, 15) is 14.3 Å². The zero-order chi connectivity index (χ0) is 26.6. The number of fused-ring (bicyclic) bond motifs is 2. The van der Waals surface area contributed by atoms with Crippen molar-refractivity contribution >= 4 is 11.8 Å². The number of carboxylic acid groups (broad SMARTS) is 1. The third kappa shape index (κ3) is 6.04. The molecule has 1 aromatic carbocycles. The summed E-state index contributed by atoms with van der Waals surface area (Å²) in [7, 11) is 0. The van der Waals surface area contributed by atoms with E-state index in [1.165, 1.54) is 17.7 Å². The quantitative estimate of drug-likeness (QED) is 0.433. The number of anilines is 1. The number of carbonyl (C=O) groups is 1. The molecule has 1 saturated heterocycles. The first-order valence-corrected chi connectivity index (χ1v) is 13.8. The van der Waals surface area contributed by atoms with Crippen LogP contribution in [0.3, 0.4) is 0 Å². The first-order valence-electron chi connectivity index (χ1n) is 13.8. The van der Waals surface area contributed by atoms with E-state index in [4.69, 9.17) is 19.2 Å². The Balaban J connectivity index is 1.15. The van der Waals surface area contributed by atoms with Gasteiger partial charge in [-0.3, -0.25) is 9.69 Å². The SMILES string of the molecule is CC(C)[C@H]1COc2cc(F)cc([C@H](C(=O)O)N3CC[C@@H](OCCCCc4ccc5c(n4)NCCC5)C3)c2O1. The summed E-state index contributed by atoms with van der Waals surface area (Å²) in [6, 6.07) is 5.80. The normalized spacial score (nSPS) is 21.7. The summed E-state index contributed by atoms with van der Waals surface area (Å²) in [4.78, 5) is 19.0. The fourth-order valence-electron chi connectivity index (χ4n) is 5.49. The van der Waals surface area contributed by atoms with Crippen molar-refractivity contribution in [3.05, 3.63) is 46.9 Å². The molecule has 5 rings (SSSR count). The number of aromatic nitrogens is 1. The van der Waals surface area contributed by atoms with Crippen molar-refractivity contribution in [2.24, 2.45) is 5.92 Å². The van der Waals surface area contributed by atoms with Crippen molar-refractivity contribution in [3.8, 4) is 11.5 Å². The van der Waals surface area contributed by atoms with Crippen LogP contribution in [0.1, 0.15) is 62.4 Å². The maximum absolute atomic E-state index is 14.5. The molecule has 0 spiro atoms. The second-order valence-electron chi connectivity index (χ2n) is 10.8. The number of hydrogen-bond donors (Lipinski definition) is 2. The maximum Gasteiger partial charge on any atom is 0.325 e. The lowest BCUT2D eigenvalue weighted by molar-refractivity contribution is -0.143. The molecule has 3 aliphatic rings. The van der Waals surface area contributed by atoms with E-state index in [-0.39, 0.29) is 23.9 Å². The smallest absolute Gasteiger partial charge is 0.325 e. The minimum atomic E-state index is -1.04. The van der Waals surface area contributed by atoms with E-state index in [2.05, 4.69) is 17.4 Å². The number of nitrogens with one attached hydrogen (secondary N) is 1. The minimum Gasteiger partial charge on any atom is -0.486 e. The van der Waals surface area contributed by atoms with Crippen molar-refractivity contribution in [1.82, 2.24) is 9.88 Å². The number of aryl methyl sites for hydroxylation is 2. The molecule has 2 aromatic rings. The molecular formula is C29H38FN3O5. The van der Waals surface area contributed by atoms with Crippen LogP contribution in [0.4, 0.5) is 10.2 Å². The van der Waals surface area contributed by atoms with Crippen LogP contribution in [0.25, 0.3) is 0 Å². The molecule has 9 heteroatoms. The predicted molar refractivity (Wildman–Crippen MR) is 141 cm³/mol. The maximum atomic E-state index is 14.5. The summed E-state index contributed by atoms with van der Waals surface area (Å²) >= 11 is 0. The van der Waals surface area contributed by atoms with Crippen LogP contribution in [-0.4, -0.2) is 66.0 Å². The van der Waals surface area contributed by atoms with Gasteiger partial charge in [-0.25, -0.2) is 9.37 Å². The highest BCUT2D eigenvalue weighted by molar-refractivity contribution is 5.77. The molecule has 1 aromatic heterocycles. The third-order valence-corrected chi connectivity index (χ3v) is 7.67. The largest absolute Gasteiger partial charge is 0.486 e. The van der Waals surface area contributed by atoms with E-state index in [1.54, 1.807) is 0 Å². The zero-order valence-electron chi connectivity index (χ0n) is 22.2. The Morgan fingerprint density at radius 2 is 2.18 bits per heavy atom. The molecule has 0 bridgehead atoms. The van der Waals surface area contributed by atoms with Gasteiger partial charge in [-0.1, -0.05) is 19.9 Å². The summed E-state index contributed by atoms with van der Waals surface area (Å²) in [5.74, 6) is 0.223. The number of pyridine rings is 1. The van der Waals surface area contributed by atoms with Crippen LogP contribution in [0.5, 0.6) is 11.5 Å². The second-order valence-corrected chi connectivity index (χ2v) is 10.8. The highest BCUT2D eigenvalue weighted by atomic mass is 19.1. The van der Waals surface area contributed by atoms with Crippen LogP contribution in [-0.2, 0) is 22.4 Å². The topological polar surface area (TPSA) is 93.2 Å². The standard InChI is InChI=1S/C29H38FN3O5/c1-18(2)25-17-37-24-15-20(30)14-23(27(24)38-25)26(29(34)35)33-12-10-22(16-33)36-13-4-3-7-21-9-8-19-6-5-11-31-28(19)32-21/h8-9,14-15,18,22,25-26H,3-7,10-13,16-17H2,1-2H3,(H,31,32)(H,34,35)/t22-,25-,26-/m1/s1. The fraction of sp³-hybridized carbons (Fsp3) is 0.586. The van der Waals surface area contributed by atoms with Crippen LogP contribution >= 0.6 is 0 Å². The number of carboxylic acids is 1. The van der Waals surface area contributed by atoms with E-state index in [1.807, 2.05) is 18.7 Å². The van der Waals surface area contributed by atoms with E-state index < -0.39 is 17.8 Å². The summed E-state index contributed by atoms with van der Waals surface area (Å²) in [6.07, 6.45) is 5.48. The molecular weight excluding hydrogens is 489 g/mol. The van der Waals surface area contributed by atoms with Gasteiger partial charge in [0.15, 0.2) is 11.5 Å². The Bertz CT molecular complexity index is 1140. The number of aliphatic carboxylic acids is 1. The summed E-state index contributed by atoms with van der Waals surface area (Å²) in [5, 5.41) is 13.5. The number of halogens is 1. The third-order valence-electron chi connectivity index (χ3n) is 7.67. The van der Waals surface area contributed by atoms with Crippen molar-refractivity contribution in [2.45, 2.75) is 70.6 Å². The molecule has 1 fully saturated rings. The second kappa shape index (κ2) is 11.9. The van der Waals surface area contributed by atoms with E-state index in [0.29, 0.717) is 37.6 Å². The number of nitrogens with zero attached hydrogens (tertiary/aromatic N) is 2. The highest BCUT2D eigenvalue weighted by Gasteiger charge is 2.38. The van der Waals surface area contributed by atoms with Crippen LogP contribution in [0.15, 0.2) is 24.3 Å². The van der Waals surface area contributed by atoms with Gasteiger partial charge in [0, 0.05) is 43.6 Å². The molecule has 0 aliphatic carbocycles. The van der Waals surface area contributed by atoms with Gasteiger partial charge in [-0.05, 0) is 62.1 Å². The average Bonchev–Trinajstić information content (AvgIpc) is 3.36. The van der Waals surface area contributed by atoms with Gasteiger partial charge in [0.25, 0.3) is 0 Å². The van der Waals surface area contributed by atoms with Gasteiger partial charge in [0.1, 0.15) is 30.4 Å². The molecule has 3 atom stereocenters. The molecule has 2 N–H and O–H groups in total. The van der Waals surface area contributed by atoms with Gasteiger partial charge in [0.2, 0.25) is 0 Å². The predicted octanol–water partition coefficient (Wildman–Crippen LogP) is 4.61. The number of ether oxygens (including phenoxy) is 3. The molecule has 3 aliphatic heterocycles. The average molecular weight is 528 g/mol. The monoisotopic (exact) mass is 527 g/mol. The highest BCUT2D eigenvalue weighted by Crippen LogP contribution is 2.42. The first-order chi connectivity index (χ1) is 18.4. The number of hydrogen-bond acceptors (Lipinski definition) is 7. The number of likely N-dealkylation sites (tertiary alicyclic amines) is 1. The van der Waals surface area contributed by atoms with Crippen LogP contribution < -0.4 is 14.8 Å². The Morgan fingerprint density at radius 1 is 1.32 bits per heavy atom. The molecule has 0 unspecified atom stereocenters. The van der Waals surface area contributed by atoms with E-state index >= 15 is 0 Å². The van der Waals surface area contributed by atoms with Crippen molar-refractivity contribution in [2.75, 3.05) is 38.2 Å². The molecule has 8 nitrogen and oxygen atoms in total. The zero-order valence-corrected chi connectivity index (χ0v) is 22.2. The molecule has 0 saturated carbocycles. The minimum absolute atomic E-state index is 0.0621. The molecule has 0 radical (unpaired) electrons. The van der Waals surface area contributed by atoms with Crippen molar-refractivity contribution in [1.29, 1.82) is 0 Å². The van der Waals surface area contributed by atoms with Gasteiger partial charge >= 0.3 is 5.97 Å². The molecule has 0 amide bonds. The Hall–Kier alpha value is -2.91. The van der Waals surface area contributed by atoms with Crippen molar-refractivity contribution in [3.63, 3.8) is 0 Å². The first kappa shape index (κ1) is 26.7.